The van der Waals surface area contributed by atoms with Gasteiger partial charge in [-0.3, -0.25) is 0 Å². The van der Waals surface area contributed by atoms with Crippen molar-refractivity contribution in [3.8, 4) is 22.3 Å². The number of benzene rings is 8. The molecule has 4 heteroatoms. The molecule has 12 rings (SSSR count). The van der Waals surface area contributed by atoms with Crippen molar-refractivity contribution in [3.05, 3.63) is 175 Å². The van der Waals surface area contributed by atoms with Crippen LogP contribution in [0.15, 0.2) is 177 Å². The molecular weight excluding hydrogens is 675 g/mol. The Kier molecular flexibility index (Phi) is 6.09. The molecule has 1 aliphatic carbocycles. The van der Waals surface area contributed by atoms with Gasteiger partial charge in [-0.2, -0.15) is 0 Å². The summed E-state index contributed by atoms with van der Waals surface area (Å²) in [5.74, 6) is 0. The van der Waals surface area contributed by atoms with Gasteiger partial charge in [0.2, 0.25) is 0 Å². The summed E-state index contributed by atoms with van der Waals surface area (Å²) >= 11 is 0. The lowest BCUT2D eigenvalue weighted by molar-refractivity contribution is 0.660. The van der Waals surface area contributed by atoms with Crippen molar-refractivity contribution < 1.29 is 13.3 Å². The maximum atomic E-state index is 6.62. The number of hydrogen-bond acceptors (Lipinski definition) is 4. The minimum absolute atomic E-state index is 0.138. The van der Waals surface area contributed by atoms with Gasteiger partial charge in [0.1, 0.15) is 33.5 Å². The third-order valence-corrected chi connectivity index (χ3v) is 11.9. The Morgan fingerprint density at radius 3 is 1.75 bits per heavy atom. The fraction of sp³-hybridized carbons (Fsp3) is 0.0588. The molecule has 1 aliphatic rings. The molecule has 0 saturated carbocycles. The monoisotopic (exact) mass is 707 g/mol. The first kappa shape index (κ1) is 30.4. The predicted molar refractivity (Wildman–Crippen MR) is 226 cm³/mol. The number of nitrogens with zero attached hydrogens (tertiary/aromatic N) is 1. The Labute approximate surface area is 316 Å². The van der Waals surface area contributed by atoms with E-state index in [2.05, 4.69) is 158 Å². The second kappa shape index (κ2) is 11.0. The fourth-order valence-corrected chi connectivity index (χ4v) is 9.21. The van der Waals surface area contributed by atoms with E-state index in [0.29, 0.717) is 0 Å². The van der Waals surface area contributed by atoms with Crippen LogP contribution in [0.2, 0.25) is 0 Å². The van der Waals surface area contributed by atoms with Crippen molar-refractivity contribution in [3.63, 3.8) is 0 Å². The molecule has 0 unspecified atom stereocenters. The average Bonchev–Trinajstić information content (AvgIpc) is 3.95. The van der Waals surface area contributed by atoms with E-state index in [9.17, 15) is 0 Å². The molecule has 0 spiro atoms. The van der Waals surface area contributed by atoms with Crippen LogP contribution in [-0.4, -0.2) is 0 Å². The fourth-order valence-electron chi connectivity index (χ4n) is 9.21. The van der Waals surface area contributed by atoms with Crippen LogP contribution in [0.1, 0.15) is 25.0 Å². The number of fused-ring (bicyclic) bond motifs is 12. The number of anilines is 3. The Morgan fingerprint density at radius 1 is 0.364 bits per heavy atom. The van der Waals surface area contributed by atoms with Gasteiger partial charge < -0.3 is 18.2 Å². The highest BCUT2D eigenvalue weighted by molar-refractivity contribution is 6.18. The first-order valence-corrected chi connectivity index (χ1v) is 18.8. The molecule has 3 heterocycles. The summed E-state index contributed by atoms with van der Waals surface area (Å²) in [6.07, 6.45) is 0. The second-order valence-electron chi connectivity index (χ2n) is 15.3. The van der Waals surface area contributed by atoms with Gasteiger partial charge in [-0.05, 0) is 106 Å². The van der Waals surface area contributed by atoms with Crippen molar-refractivity contribution in [2.75, 3.05) is 4.90 Å². The summed E-state index contributed by atoms with van der Waals surface area (Å²) in [6.45, 7) is 4.67. The minimum atomic E-state index is -0.138. The molecule has 4 nitrogen and oxygen atoms in total. The SMILES string of the molecule is CC1(C)c2ccccc2-c2ccc(N(c3ccc4oc5ccccc5c4c3)c3ccc4oc5cc6c(cc5c4c3)oc3cccc(-c4ccccc4)c36)cc21. The topological polar surface area (TPSA) is 42.7 Å². The molecule has 0 radical (unpaired) electrons. The van der Waals surface area contributed by atoms with Gasteiger partial charge >= 0.3 is 0 Å². The molecule has 0 saturated heterocycles. The molecule has 0 fully saturated rings. The van der Waals surface area contributed by atoms with Crippen LogP contribution in [0.3, 0.4) is 0 Å². The number of hydrogen-bond donors (Lipinski definition) is 0. The number of rotatable bonds is 4. The van der Waals surface area contributed by atoms with E-state index >= 15 is 0 Å². The lowest BCUT2D eigenvalue weighted by Crippen LogP contribution is -2.16. The van der Waals surface area contributed by atoms with Crippen molar-refractivity contribution in [2.24, 2.45) is 0 Å². The molecule has 3 aromatic heterocycles. The largest absolute Gasteiger partial charge is 0.456 e. The summed E-state index contributed by atoms with van der Waals surface area (Å²) in [7, 11) is 0. The van der Waals surface area contributed by atoms with E-state index < -0.39 is 0 Å². The third-order valence-electron chi connectivity index (χ3n) is 11.9. The average molecular weight is 708 g/mol. The predicted octanol–water partition coefficient (Wildman–Crippen LogP) is 14.8. The van der Waals surface area contributed by atoms with Crippen LogP contribution in [0.5, 0.6) is 0 Å². The van der Waals surface area contributed by atoms with Gasteiger partial charge in [0.05, 0.1) is 0 Å². The number of para-hydroxylation sites is 1. The van der Waals surface area contributed by atoms with Crippen molar-refractivity contribution >= 4 is 82.9 Å². The van der Waals surface area contributed by atoms with Crippen LogP contribution in [0, 0.1) is 0 Å². The maximum absolute atomic E-state index is 6.62. The zero-order valence-electron chi connectivity index (χ0n) is 30.3. The molecule has 55 heavy (non-hydrogen) atoms. The van der Waals surface area contributed by atoms with E-state index in [-0.39, 0.29) is 5.41 Å². The highest BCUT2D eigenvalue weighted by atomic mass is 16.3. The smallest absolute Gasteiger partial charge is 0.136 e. The summed E-state index contributed by atoms with van der Waals surface area (Å²) in [5, 5.41) is 6.39. The van der Waals surface area contributed by atoms with E-state index in [4.69, 9.17) is 13.3 Å². The molecule has 0 N–H and O–H groups in total. The maximum Gasteiger partial charge on any atom is 0.136 e. The molecule has 8 aromatic carbocycles. The summed E-state index contributed by atoms with van der Waals surface area (Å²) in [5.41, 5.74) is 15.8. The summed E-state index contributed by atoms with van der Waals surface area (Å²) in [6, 6.07) is 58.1. The zero-order chi connectivity index (χ0) is 36.4. The first-order chi connectivity index (χ1) is 27.0. The zero-order valence-corrected chi connectivity index (χ0v) is 30.3. The third kappa shape index (κ3) is 4.34. The molecular formula is C51H33NO3. The highest BCUT2D eigenvalue weighted by Crippen LogP contribution is 2.51. The molecule has 11 aromatic rings. The summed E-state index contributed by atoms with van der Waals surface area (Å²) in [4.78, 5) is 2.37. The van der Waals surface area contributed by atoms with E-state index in [0.717, 1.165) is 94.0 Å². The van der Waals surface area contributed by atoms with Gasteiger partial charge in [0.15, 0.2) is 0 Å². The van der Waals surface area contributed by atoms with Crippen molar-refractivity contribution in [1.82, 2.24) is 0 Å². The lowest BCUT2D eigenvalue weighted by Gasteiger charge is -2.28. The summed E-state index contributed by atoms with van der Waals surface area (Å²) < 4.78 is 19.4. The Hall–Kier alpha value is -7.04. The van der Waals surface area contributed by atoms with Crippen LogP contribution < -0.4 is 4.90 Å². The van der Waals surface area contributed by atoms with Crippen LogP contribution in [0.25, 0.3) is 88.1 Å². The molecule has 0 atom stereocenters. The van der Waals surface area contributed by atoms with Gasteiger partial charge in [-0.1, -0.05) is 105 Å². The Balaban J connectivity index is 1.07. The standard InChI is InChI=1S/C51H33NO3/c1-51(2)42-16-8-6-13-35(42)36-22-19-33(27-43(36)51)52(31-20-23-45-38(25-31)37-14-7-9-17-44(37)53-45)32-21-24-46-39(26-32)40-28-49-41(29-48(40)54-46)50-34(15-10-18-47(50)55-49)30-11-4-3-5-12-30/h3-29H,1-2H3. The quantitative estimate of drug-likeness (QED) is 0.183. The lowest BCUT2D eigenvalue weighted by atomic mass is 9.82. The van der Waals surface area contributed by atoms with Crippen LogP contribution in [0.4, 0.5) is 17.1 Å². The molecule has 0 bridgehead atoms. The van der Waals surface area contributed by atoms with Gasteiger partial charge in [-0.25, -0.2) is 0 Å². The Morgan fingerprint density at radius 2 is 0.909 bits per heavy atom. The molecule has 0 amide bonds. The molecule has 0 aliphatic heterocycles. The Bertz CT molecular complexity index is 3360. The van der Waals surface area contributed by atoms with E-state index in [1.165, 1.54) is 22.3 Å². The minimum Gasteiger partial charge on any atom is -0.456 e. The van der Waals surface area contributed by atoms with Crippen molar-refractivity contribution in [1.29, 1.82) is 0 Å². The van der Waals surface area contributed by atoms with E-state index in [1.807, 2.05) is 24.3 Å². The first-order valence-electron chi connectivity index (χ1n) is 18.8. The second-order valence-corrected chi connectivity index (χ2v) is 15.3. The van der Waals surface area contributed by atoms with Crippen LogP contribution >= 0.6 is 0 Å². The normalized spacial score (nSPS) is 13.4. The van der Waals surface area contributed by atoms with Gasteiger partial charge in [0.25, 0.3) is 0 Å². The van der Waals surface area contributed by atoms with E-state index in [1.54, 1.807) is 0 Å². The van der Waals surface area contributed by atoms with Crippen molar-refractivity contribution in [2.45, 2.75) is 19.3 Å². The highest BCUT2D eigenvalue weighted by Gasteiger charge is 2.36. The van der Waals surface area contributed by atoms with Crippen LogP contribution in [-0.2, 0) is 5.41 Å². The van der Waals surface area contributed by atoms with Gasteiger partial charge in [0, 0.05) is 54.8 Å². The van der Waals surface area contributed by atoms with Gasteiger partial charge in [-0.15, -0.1) is 0 Å². The molecule has 260 valence electrons. The number of furan rings is 3.